The van der Waals surface area contributed by atoms with Crippen LogP contribution in [0.15, 0.2) is 72.3 Å². The summed E-state index contributed by atoms with van der Waals surface area (Å²) in [5.41, 5.74) is 3.13. The number of rotatable bonds is 4. The molecule has 2 aromatic rings. The Morgan fingerprint density at radius 1 is 0.885 bits per heavy atom. The minimum absolute atomic E-state index is 0.245. The van der Waals surface area contributed by atoms with Crippen LogP contribution in [-0.4, -0.2) is 18.0 Å². The van der Waals surface area contributed by atoms with E-state index in [1.165, 1.54) is 0 Å². The van der Waals surface area contributed by atoms with E-state index in [0.717, 1.165) is 11.1 Å². The lowest BCUT2D eigenvalue weighted by Crippen LogP contribution is -2.17. The number of esters is 2. The quantitative estimate of drug-likeness (QED) is 0.596. The second-order valence-corrected chi connectivity index (χ2v) is 6.27. The Hall–Kier alpha value is -3.14. The van der Waals surface area contributed by atoms with Gasteiger partial charge in [0.25, 0.3) is 0 Å². The Kier molecular flexibility index (Phi) is 5.32. The first-order valence-corrected chi connectivity index (χ1v) is 8.46. The molecular weight excluding hydrogens is 328 g/mol. The highest BCUT2D eigenvalue weighted by Crippen LogP contribution is 2.18. The van der Waals surface area contributed by atoms with E-state index < -0.39 is 11.9 Å². The third-order valence-electron chi connectivity index (χ3n) is 4.09. The van der Waals surface area contributed by atoms with Crippen molar-refractivity contribution in [2.75, 3.05) is 0 Å². The van der Waals surface area contributed by atoms with Crippen LogP contribution in [0.1, 0.15) is 39.6 Å². The zero-order valence-corrected chi connectivity index (χ0v) is 14.8. The molecule has 0 heterocycles. The van der Waals surface area contributed by atoms with Gasteiger partial charge >= 0.3 is 11.9 Å². The Balaban J connectivity index is 1.59. The van der Waals surface area contributed by atoms with E-state index in [1.54, 1.807) is 36.4 Å². The Morgan fingerprint density at radius 3 is 2.12 bits per heavy atom. The molecule has 0 bridgehead atoms. The number of ether oxygens (including phenoxy) is 2. The number of hydrogen-bond acceptors (Lipinski definition) is 4. The fourth-order valence-electron chi connectivity index (χ4n) is 2.52. The van der Waals surface area contributed by atoms with E-state index in [0.29, 0.717) is 23.3 Å². The maximum absolute atomic E-state index is 12.2. The van der Waals surface area contributed by atoms with Crippen LogP contribution < -0.4 is 4.74 Å². The minimum Gasteiger partial charge on any atom is -0.454 e. The molecule has 26 heavy (non-hydrogen) atoms. The lowest BCUT2D eigenvalue weighted by Gasteiger charge is -2.16. The number of aryl methyl sites for hydroxylation is 1. The topological polar surface area (TPSA) is 52.6 Å². The molecule has 4 nitrogen and oxygen atoms in total. The second kappa shape index (κ2) is 7.83. The highest BCUT2D eigenvalue weighted by atomic mass is 16.5. The lowest BCUT2D eigenvalue weighted by molar-refractivity contribution is 0.0397. The summed E-state index contributed by atoms with van der Waals surface area (Å²) in [4.78, 5) is 24.3. The number of benzene rings is 2. The zero-order valence-electron chi connectivity index (χ0n) is 14.8. The van der Waals surface area contributed by atoms with E-state index >= 15 is 0 Å². The third kappa shape index (κ3) is 4.48. The molecule has 1 aliphatic carbocycles. The van der Waals surface area contributed by atoms with E-state index in [2.05, 4.69) is 0 Å². The van der Waals surface area contributed by atoms with Crippen LogP contribution in [0.5, 0.6) is 5.75 Å². The summed E-state index contributed by atoms with van der Waals surface area (Å²) in [6.45, 7) is 3.96. The van der Waals surface area contributed by atoms with Crippen LogP contribution >= 0.6 is 0 Å². The van der Waals surface area contributed by atoms with Crippen molar-refractivity contribution in [1.82, 2.24) is 0 Å². The van der Waals surface area contributed by atoms with E-state index in [9.17, 15) is 9.59 Å². The molecule has 4 heteroatoms. The number of allylic oxidation sites excluding steroid dienone is 2. The minimum atomic E-state index is -0.435. The van der Waals surface area contributed by atoms with Crippen LogP contribution in [0.25, 0.3) is 0 Å². The molecule has 1 atom stereocenters. The van der Waals surface area contributed by atoms with Gasteiger partial charge in [0, 0.05) is 6.42 Å². The predicted molar refractivity (Wildman–Crippen MR) is 99.3 cm³/mol. The maximum atomic E-state index is 12.2. The van der Waals surface area contributed by atoms with Crippen molar-refractivity contribution in [3.05, 3.63) is 89.0 Å². The van der Waals surface area contributed by atoms with Crippen LogP contribution in [0, 0.1) is 6.92 Å². The Morgan fingerprint density at radius 2 is 1.50 bits per heavy atom. The predicted octanol–water partition coefficient (Wildman–Crippen LogP) is 4.65. The van der Waals surface area contributed by atoms with E-state index in [-0.39, 0.29) is 6.10 Å². The summed E-state index contributed by atoms with van der Waals surface area (Å²) in [5.74, 6) is -0.456. The largest absolute Gasteiger partial charge is 0.454 e. The molecule has 0 aliphatic heterocycles. The van der Waals surface area contributed by atoms with Crippen molar-refractivity contribution >= 4 is 11.9 Å². The number of carbonyl (C=O) groups excluding carboxylic acids is 2. The van der Waals surface area contributed by atoms with Gasteiger partial charge in [-0.05, 0) is 56.3 Å². The first-order chi connectivity index (χ1) is 12.5. The van der Waals surface area contributed by atoms with E-state index in [4.69, 9.17) is 9.47 Å². The maximum Gasteiger partial charge on any atom is 0.343 e. The average molecular weight is 348 g/mol. The molecule has 0 saturated heterocycles. The molecular formula is C22H20O4. The van der Waals surface area contributed by atoms with Gasteiger partial charge in [-0.15, -0.1) is 0 Å². The van der Waals surface area contributed by atoms with Crippen LogP contribution in [0.2, 0.25) is 0 Å². The van der Waals surface area contributed by atoms with Gasteiger partial charge < -0.3 is 9.47 Å². The molecule has 0 fully saturated rings. The summed E-state index contributed by atoms with van der Waals surface area (Å²) >= 11 is 0. The highest BCUT2D eigenvalue weighted by Gasteiger charge is 2.15. The first-order valence-electron chi connectivity index (χ1n) is 8.46. The van der Waals surface area contributed by atoms with Gasteiger partial charge in [-0.25, -0.2) is 9.59 Å². The molecule has 1 unspecified atom stereocenters. The normalized spacial score (nSPS) is 15.9. The lowest BCUT2D eigenvalue weighted by atomic mass is 10.1. The van der Waals surface area contributed by atoms with Crippen molar-refractivity contribution in [3.63, 3.8) is 0 Å². The molecule has 0 radical (unpaired) electrons. The third-order valence-corrected chi connectivity index (χ3v) is 4.09. The second-order valence-electron chi connectivity index (χ2n) is 6.27. The van der Waals surface area contributed by atoms with Gasteiger partial charge in [-0.2, -0.15) is 0 Å². The summed E-state index contributed by atoms with van der Waals surface area (Å²) in [6.07, 6.45) is 6.29. The van der Waals surface area contributed by atoms with Crippen molar-refractivity contribution < 1.29 is 19.1 Å². The first kappa shape index (κ1) is 17.7. The molecule has 132 valence electrons. The van der Waals surface area contributed by atoms with Gasteiger partial charge in [-0.3, -0.25) is 0 Å². The smallest absolute Gasteiger partial charge is 0.343 e. The summed E-state index contributed by atoms with van der Waals surface area (Å²) < 4.78 is 10.8. The van der Waals surface area contributed by atoms with Crippen LogP contribution in [-0.2, 0) is 4.74 Å². The standard InChI is InChI=1S/C22H20O4/c1-15-3-7-17(8-4-15)21(23)26-20-13-9-18(10-14-20)22(24)25-19-11-5-16(2)6-12-19/h3-11,13-14,19H,12H2,1-2H3. The zero-order chi connectivity index (χ0) is 18.5. The monoisotopic (exact) mass is 348 g/mol. The number of carbonyl (C=O) groups is 2. The van der Waals surface area contributed by atoms with Gasteiger partial charge in [-0.1, -0.05) is 35.4 Å². The fourth-order valence-corrected chi connectivity index (χ4v) is 2.52. The molecule has 0 N–H and O–H groups in total. The Bertz CT molecular complexity index is 858. The van der Waals surface area contributed by atoms with Gasteiger partial charge in [0.1, 0.15) is 11.9 Å². The van der Waals surface area contributed by atoms with Crippen molar-refractivity contribution in [3.8, 4) is 5.75 Å². The molecule has 0 aromatic heterocycles. The summed E-state index contributed by atoms with van der Waals surface area (Å²) in [5, 5.41) is 0. The fraction of sp³-hybridized carbons (Fsp3) is 0.182. The van der Waals surface area contributed by atoms with Crippen LogP contribution in [0.4, 0.5) is 0 Å². The molecule has 0 saturated carbocycles. The molecule has 2 aromatic carbocycles. The SMILES string of the molecule is CC1=CCC(OC(=O)c2ccc(OC(=O)c3ccc(C)cc3)cc2)C=C1. The molecule has 0 amide bonds. The van der Waals surface area contributed by atoms with Crippen molar-refractivity contribution in [1.29, 1.82) is 0 Å². The molecule has 1 aliphatic rings. The Labute approximate surface area is 152 Å². The highest BCUT2D eigenvalue weighted by molar-refractivity contribution is 5.92. The molecule has 0 spiro atoms. The van der Waals surface area contributed by atoms with Gasteiger partial charge in [0.15, 0.2) is 0 Å². The number of hydrogen-bond donors (Lipinski definition) is 0. The van der Waals surface area contributed by atoms with Gasteiger partial charge in [0.05, 0.1) is 11.1 Å². The van der Waals surface area contributed by atoms with Crippen LogP contribution in [0.3, 0.4) is 0 Å². The average Bonchev–Trinajstić information content (AvgIpc) is 2.64. The van der Waals surface area contributed by atoms with Gasteiger partial charge in [0.2, 0.25) is 0 Å². The summed E-state index contributed by atoms with van der Waals surface area (Å²) in [7, 11) is 0. The molecule has 3 rings (SSSR count). The van der Waals surface area contributed by atoms with Crippen molar-refractivity contribution in [2.24, 2.45) is 0 Å². The van der Waals surface area contributed by atoms with Crippen molar-refractivity contribution in [2.45, 2.75) is 26.4 Å². The summed E-state index contributed by atoms with van der Waals surface area (Å²) in [6, 6.07) is 13.5. The van der Waals surface area contributed by atoms with E-state index in [1.807, 2.05) is 44.2 Å².